The van der Waals surface area contributed by atoms with E-state index in [-0.39, 0.29) is 0 Å². The molecule has 1 heterocycles. The first kappa shape index (κ1) is 14.7. The molecular weight excluding hydrogens is 318 g/mol. The Bertz CT molecular complexity index is 430. The number of ether oxygens (including phenoxy) is 2. The van der Waals surface area contributed by atoms with Crippen LogP contribution in [0.2, 0.25) is 20.1 Å². The van der Waals surface area contributed by atoms with Crippen molar-refractivity contribution < 1.29 is 9.47 Å². The highest BCUT2D eigenvalue weighted by Gasteiger charge is 2.42. The van der Waals surface area contributed by atoms with Crippen LogP contribution in [0.4, 0.5) is 0 Å². The topological polar surface area (TPSA) is 18.5 Å². The molecule has 18 heavy (non-hydrogen) atoms. The van der Waals surface area contributed by atoms with Crippen molar-refractivity contribution in [2.24, 2.45) is 0 Å². The van der Waals surface area contributed by atoms with Crippen LogP contribution in [0.5, 0.6) is 0 Å². The highest BCUT2D eigenvalue weighted by atomic mass is 35.5. The molecule has 1 aromatic rings. The van der Waals surface area contributed by atoms with Gasteiger partial charge >= 0.3 is 0 Å². The largest absolute Gasteiger partial charge is 0.343 e. The van der Waals surface area contributed by atoms with Crippen molar-refractivity contribution in [3.05, 3.63) is 31.7 Å². The zero-order chi connectivity index (χ0) is 13.3. The van der Waals surface area contributed by atoms with Gasteiger partial charge in [0.05, 0.1) is 38.9 Å². The van der Waals surface area contributed by atoms with Crippen LogP contribution in [0.3, 0.4) is 0 Å². The molecule has 0 spiro atoms. The maximum atomic E-state index is 6.24. The molecule has 0 amide bonds. The van der Waals surface area contributed by atoms with E-state index in [1.807, 2.05) is 6.92 Å². The molecule has 0 radical (unpaired) electrons. The van der Waals surface area contributed by atoms with Gasteiger partial charge < -0.3 is 9.47 Å². The van der Waals surface area contributed by atoms with Crippen molar-refractivity contribution in [1.82, 2.24) is 0 Å². The summed E-state index contributed by atoms with van der Waals surface area (Å²) >= 11 is 24.6. The zero-order valence-corrected chi connectivity index (χ0v) is 12.8. The second kappa shape index (κ2) is 5.74. The third-order valence-corrected chi connectivity index (χ3v) is 4.40. The van der Waals surface area contributed by atoms with E-state index in [9.17, 15) is 0 Å². The summed E-state index contributed by atoms with van der Waals surface area (Å²) < 4.78 is 11.5. The quantitative estimate of drug-likeness (QED) is 0.700. The Labute approximate surface area is 126 Å². The fourth-order valence-electron chi connectivity index (χ4n) is 2.11. The summed E-state index contributed by atoms with van der Waals surface area (Å²) in [6.45, 7) is 3.02. The molecule has 1 aromatic carbocycles. The minimum atomic E-state index is -0.933. The lowest BCUT2D eigenvalue weighted by Crippen LogP contribution is -2.28. The Kier molecular flexibility index (Phi) is 4.69. The Hall–Kier alpha value is 0.300. The first-order valence-corrected chi connectivity index (χ1v) is 7.14. The van der Waals surface area contributed by atoms with Crippen LogP contribution < -0.4 is 0 Å². The molecule has 0 N–H and O–H groups in total. The van der Waals surface area contributed by atoms with Crippen molar-refractivity contribution in [3.63, 3.8) is 0 Å². The fraction of sp³-hybridized carbons (Fsp3) is 0.500. The van der Waals surface area contributed by atoms with Crippen LogP contribution in [0.1, 0.15) is 25.3 Å². The van der Waals surface area contributed by atoms with Gasteiger partial charge in [0.2, 0.25) is 0 Å². The van der Waals surface area contributed by atoms with E-state index >= 15 is 0 Å². The summed E-state index contributed by atoms with van der Waals surface area (Å²) in [5.74, 6) is -0.933. The van der Waals surface area contributed by atoms with Gasteiger partial charge in [0.15, 0.2) is 5.79 Å². The third-order valence-electron chi connectivity index (χ3n) is 2.83. The Morgan fingerprint density at radius 1 is 1.06 bits per heavy atom. The number of hydrogen-bond donors (Lipinski definition) is 0. The van der Waals surface area contributed by atoms with E-state index in [0.29, 0.717) is 45.3 Å². The lowest BCUT2D eigenvalue weighted by atomic mass is 10.0. The van der Waals surface area contributed by atoms with Gasteiger partial charge in [0.25, 0.3) is 0 Å². The number of rotatable bonds is 3. The minimum absolute atomic E-state index is 0.335. The maximum absolute atomic E-state index is 6.24. The van der Waals surface area contributed by atoms with Gasteiger partial charge in [-0.2, -0.15) is 0 Å². The summed E-state index contributed by atoms with van der Waals surface area (Å²) in [6.07, 6.45) is 1.50. The first-order chi connectivity index (χ1) is 8.52. The lowest BCUT2D eigenvalue weighted by molar-refractivity contribution is -0.170. The normalized spacial score (nSPS) is 18.3. The summed E-state index contributed by atoms with van der Waals surface area (Å²) in [6, 6.07) is 1.52. The molecule has 0 bridgehead atoms. The highest BCUT2D eigenvalue weighted by Crippen LogP contribution is 2.47. The second-order valence-corrected chi connectivity index (χ2v) is 5.61. The third kappa shape index (κ3) is 2.47. The van der Waals surface area contributed by atoms with Gasteiger partial charge in [-0.3, -0.25) is 0 Å². The Morgan fingerprint density at radius 2 is 1.56 bits per heavy atom. The van der Waals surface area contributed by atoms with E-state index in [0.717, 1.165) is 6.42 Å². The Balaban J connectivity index is 2.61. The van der Waals surface area contributed by atoms with Crippen LogP contribution in [0.15, 0.2) is 6.07 Å². The van der Waals surface area contributed by atoms with Crippen molar-refractivity contribution in [1.29, 1.82) is 0 Å². The molecule has 0 saturated carbocycles. The monoisotopic (exact) mass is 328 g/mol. The lowest BCUT2D eigenvalue weighted by Gasteiger charge is -2.29. The molecule has 0 atom stereocenters. The summed E-state index contributed by atoms with van der Waals surface area (Å²) in [5, 5.41) is 1.36. The average molecular weight is 330 g/mol. The molecular formula is C12H12Cl4O2. The van der Waals surface area contributed by atoms with Gasteiger partial charge in [-0.25, -0.2) is 0 Å². The molecule has 0 aromatic heterocycles. The predicted octanol–water partition coefficient (Wildman–Crippen LogP) is 5.30. The van der Waals surface area contributed by atoms with E-state index in [4.69, 9.17) is 55.9 Å². The molecule has 0 aliphatic carbocycles. The van der Waals surface area contributed by atoms with E-state index < -0.39 is 5.79 Å². The standard InChI is InChI=1S/C12H12Cl4O2/c1-2-3-12(17-4-5-18-12)9-10(15)7(13)6-8(14)11(9)16/h6H,2-5H2,1H3. The molecule has 2 nitrogen and oxygen atoms in total. The number of halogens is 4. The van der Waals surface area contributed by atoms with Gasteiger partial charge in [0.1, 0.15) is 0 Å². The molecule has 1 saturated heterocycles. The zero-order valence-electron chi connectivity index (χ0n) is 9.73. The average Bonchev–Trinajstić information content (AvgIpc) is 2.77. The first-order valence-electron chi connectivity index (χ1n) is 5.63. The summed E-state index contributed by atoms with van der Waals surface area (Å²) in [7, 11) is 0. The van der Waals surface area contributed by atoms with Crippen molar-refractivity contribution >= 4 is 46.4 Å². The number of benzene rings is 1. The smallest absolute Gasteiger partial charge is 0.197 e. The van der Waals surface area contributed by atoms with Crippen LogP contribution >= 0.6 is 46.4 Å². The van der Waals surface area contributed by atoms with Crippen LogP contribution in [0.25, 0.3) is 0 Å². The molecule has 1 aliphatic rings. The minimum Gasteiger partial charge on any atom is -0.343 e. The molecule has 2 rings (SSSR count). The molecule has 0 unspecified atom stereocenters. The molecule has 1 fully saturated rings. The van der Waals surface area contributed by atoms with Crippen molar-refractivity contribution in [2.75, 3.05) is 13.2 Å². The fourth-order valence-corrected chi connectivity index (χ4v) is 3.20. The van der Waals surface area contributed by atoms with Crippen molar-refractivity contribution in [3.8, 4) is 0 Å². The van der Waals surface area contributed by atoms with E-state index in [1.54, 1.807) is 0 Å². The summed E-state index contributed by atoms with van der Waals surface area (Å²) in [5.41, 5.74) is 0.530. The van der Waals surface area contributed by atoms with E-state index in [1.165, 1.54) is 6.07 Å². The molecule has 1 aliphatic heterocycles. The SMILES string of the molecule is CCCC1(c2c(Cl)c(Cl)cc(Cl)c2Cl)OCCO1. The van der Waals surface area contributed by atoms with Crippen LogP contribution in [0, 0.1) is 0 Å². The highest BCUT2D eigenvalue weighted by molar-refractivity contribution is 6.48. The van der Waals surface area contributed by atoms with Gasteiger partial charge in [-0.05, 0) is 6.07 Å². The van der Waals surface area contributed by atoms with Gasteiger partial charge in [-0.1, -0.05) is 59.7 Å². The predicted molar refractivity (Wildman–Crippen MR) is 75.0 cm³/mol. The summed E-state index contributed by atoms with van der Waals surface area (Å²) in [4.78, 5) is 0. The van der Waals surface area contributed by atoms with Crippen LogP contribution in [-0.2, 0) is 15.3 Å². The Morgan fingerprint density at radius 3 is 2.00 bits per heavy atom. The second-order valence-electron chi connectivity index (χ2n) is 4.04. The maximum Gasteiger partial charge on any atom is 0.197 e. The van der Waals surface area contributed by atoms with Crippen molar-refractivity contribution in [2.45, 2.75) is 25.6 Å². The molecule has 100 valence electrons. The number of hydrogen-bond acceptors (Lipinski definition) is 2. The van der Waals surface area contributed by atoms with Gasteiger partial charge in [0, 0.05) is 6.42 Å². The van der Waals surface area contributed by atoms with Crippen LogP contribution in [-0.4, -0.2) is 13.2 Å². The molecule has 6 heteroatoms. The van der Waals surface area contributed by atoms with E-state index in [2.05, 4.69) is 0 Å². The van der Waals surface area contributed by atoms with Gasteiger partial charge in [-0.15, -0.1) is 0 Å².